The molecule has 1 aliphatic rings. The predicted octanol–water partition coefficient (Wildman–Crippen LogP) is 3.95. The monoisotopic (exact) mass is 420 g/mol. The Morgan fingerprint density at radius 3 is 3.03 bits per heavy atom. The summed E-state index contributed by atoms with van der Waals surface area (Å²) >= 11 is 1.33. The van der Waals surface area contributed by atoms with Gasteiger partial charge in [0.15, 0.2) is 0 Å². The van der Waals surface area contributed by atoms with Gasteiger partial charge in [0, 0.05) is 36.6 Å². The van der Waals surface area contributed by atoms with Crippen LogP contribution in [0.1, 0.15) is 45.9 Å². The number of rotatable bonds is 4. The van der Waals surface area contributed by atoms with Crippen molar-refractivity contribution in [2.24, 2.45) is 0 Å². The molecular formula is C23H24N4O2S. The first kappa shape index (κ1) is 19.1. The Morgan fingerprint density at radius 1 is 1.27 bits per heavy atom. The van der Waals surface area contributed by atoms with Crippen LogP contribution in [0.15, 0.2) is 35.3 Å². The summed E-state index contributed by atoms with van der Waals surface area (Å²) in [5.41, 5.74) is 3.04. The van der Waals surface area contributed by atoms with Gasteiger partial charge in [-0.25, -0.2) is 4.98 Å². The first-order valence-corrected chi connectivity index (χ1v) is 11.3. The van der Waals surface area contributed by atoms with Crippen molar-refractivity contribution in [3.8, 4) is 0 Å². The topological polar surface area (TPSA) is 79.8 Å². The average Bonchev–Trinajstić information content (AvgIpc) is 3.20. The van der Waals surface area contributed by atoms with E-state index in [4.69, 9.17) is 4.98 Å². The third-order valence-corrected chi connectivity index (χ3v) is 7.16. The summed E-state index contributed by atoms with van der Waals surface area (Å²) in [6, 6.07) is 8.16. The Balaban J connectivity index is 1.38. The van der Waals surface area contributed by atoms with Crippen molar-refractivity contribution >= 4 is 38.4 Å². The van der Waals surface area contributed by atoms with Crippen LogP contribution in [0.4, 0.5) is 0 Å². The molecule has 0 fully saturated rings. The van der Waals surface area contributed by atoms with Gasteiger partial charge < -0.3 is 10.3 Å². The third-order valence-electron chi connectivity index (χ3n) is 5.97. The molecule has 0 aliphatic carbocycles. The molecule has 0 spiro atoms. The first-order chi connectivity index (χ1) is 14.6. The number of benzene rings is 1. The van der Waals surface area contributed by atoms with E-state index in [0.717, 1.165) is 55.6 Å². The number of nitrogens with one attached hydrogen (secondary N) is 2. The number of aryl methyl sites for hydroxylation is 2. The number of carbonyl (C=O) groups is 1. The molecule has 0 saturated carbocycles. The minimum Gasteiger partial charge on any atom is -0.361 e. The first-order valence-electron chi connectivity index (χ1n) is 10.5. The molecule has 4 aromatic rings. The zero-order chi connectivity index (χ0) is 20.7. The number of aromatic amines is 1. The number of carbonyl (C=O) groups excluding carboxylic acids is 1. The minimum absolute atomic E-state index is 0.00323. The van der Waals surface area contributed by atoms with E-state index in [1.165, 1.54) is 22.3 Å². The largest absolute Gasteiger partial charge is 0.361 e. The van der Waals surface area contributed by atoms with Gasteiger partial charge in [-0.1, -0.05) is 24.6 Å². The fraction of sp³-hybridized carbons (Fsp3) is 0.348. The van der Waals surface area contributed by atoms with Gasteiger partial charge in [-0.2, -0.15) is 0 Å². The standard InChI is InChI=1S/C23H24N4O2S/c1-14-19-22(26-18-9-3-2-6-12-27(18)23(19)29)30-20(14)21(28)24-11-10-15-13-25-17-8-5-4-7-16(15)17/h4-5,7-8,13,25H,2-3,6,9-12H2,1H3,(H,24,28). The fourth-order valence-corrected chi connectivity index (χ4v) is 5.46. The van der Waals surface area contributed by atoms with Crippen molar-refractivity contribution in [1.82, 2.24) is 19.9 Å². The molecule has 2 N–H and O–H groups in total. The van der Waals surface area contributed by atoms with E-state index in [1.807, 2.05) is 35.9 Å². The highest BCUT2D eigenvalue weighted by molar-refractivity contribution is 7.20. The number of nitrogens with zero attached hydrogens (tertiary/aromatic N) is 2. The molecule has 0 saturated heterocycles. The average molecular weight is 421 g/mol. The van der Waals surface area contributed by atoms with E-state index in [1.54, 1.807) is 0 Å². The molecule has 0 radical (unpaired) electrons. The van der Waals surface area contributed by atoms with Crippen LogP contribution in [-0.4, -0.2) is 27.0 Å². The molecular weight excluding hydrogens is 396 g/mol. The van der Waals surface area contributed by atoms with Crippen molar-refractivity contribution in [1.29, 1.82) is 0 Å². The summed E-state index contributed by atoms with van der Waals surface area (Å²) in [5, 5.41) is 4.81. The normalized spacial score (nSPS) is 14.0. The van der Waals surface area contributed by atoms with E-state index in [-0.39, 0.29) is 11.5 Å². The van der Waals surface area contributed by atoms with Crippen LogP contribution in [-0.2, 0) is 19.4 Å². The third kappa shape index (κ3) is 3.23. The summed E-state index contributed by atoms with van der Waals surface area (Å²) < 4.78 is 1.81. The SMILES string of the molecule is Cc1c(C(=O)NCCc2c[nH]c3ccccc23)sc2nc3n(c(=O)c12)CCCCC3. The fourth-order valence-electron chi connectivity index (χ4n) is 4.36. The van der Waals surface area contributed by atoms with Crippen LogP contribution < -0.4 is 10.9 Å². The molecule has 1 aliphatic heterocycles. The number of hydrogen-bond donors (Lipinski definition) is 2. The van der Waals surface area contributed by atoms with Gasteiger partial charge in [0.25, 0.3) is 11.5 Å². The van der Waals surface area contributed by atoms with E-state index >= 15 is 0 Å². The van der Waals surface area contributed by atoms with Crippen LogP contribution in [0, 0.1) is 6.92 Å². The van der Waals surface area contributed by atoms with Gasteiger partial charge in [0.2, 0.25) is 0 Å². The molecule has 30 heavy (non-hydrogen) atoms. The quantitative estimate of drug-likeness (QED) is 0.525. The van der Waals surface area contributed by atoms with Crippen LogP contribution in [0.25, 0.3) is 21.1 Å². The lowest BCUT2D eigenvalue weighted by Gasteiger charge is -2.08. The predicted molar refractivity (Wildman–Crippen MR) is 121 cm³/mol. The molecule has 154 valence electrons. The van der Waals surface area contributed by atoms with Crippen molar-refractivity contribution < 1.29 is 4.79 Å². The zero-order valence-electron chi connectivity index (χ0n) is 17.0. The molecule has 1 aromatic carbocycles. The molecule has 7 heteroatoms. The van der Waals surface area contributed by atoms with E-state index < -0.39 is 0 Å². The lowest BCUT2D eigenvalue weighted by Crippen LogP contribution is -2.26. The second kappa shape index (κ2) is 7.72. The second-order valence-corrected chi connectivity index (χ2v) is 8.90. The molecule has 0 atom stereocenters. The Morgan fingerprint density at radius 2 is 2.13 bits per heavy atom. The summed E-state index contributed by atoms with van der Waals surface area (Å²) in [6.45, 7) is 3.12. The number of para-hydroxylation sites is 1. The Hall–Kier alpha value is -2.93. The maximum absolute atomic E-state index is 13.1. The lowest BCUT2D eigenvalue weighted by molar-refractivity contribution is 0.0957. The number of hydrogen-bond acceptors (Lipinski definition) is 4. The van der Waals surface area contributed by atoms with E-state index in [0.29, 0.717) is 21.6 Å². The molecule has 1 amide bonds. The van der Waals surface area contributed by atoms with E-state index in [9.17, 15) is 9.59 Å². The summed E-state index contributed by atoms with van der Waals surface area (Å²) in [7, 11) is 0. The van der Waals surface area contributed by atoms with Crippen LogP contribution >= 0.6 is 11.3 Å². The van der Waals surface area contributed by atoms with Crippen LogP contribution in [0.3, 0.4) is 0 Å². The molecule has 0 bridgehead atoms. The molecule has 6 nitrogen and oxygen atoms in total. The second-order valence-electron chi connectivity index (χ2n) is 7.90. The van der Waals surface area contributed by atoms with Crippen molar-refractivity contribution in [2.75, 3.05) is 6.54 Å². The van der Waals surface area contributed by atoms with Crippen LogP contribution in [0.5, 0.6) is 0 Å². The highest BCUT2D eigenvalue weighted by Gasteiger charge is 2.22. The summed E-state index contributed by atoms with van der Waals surface area (Å²) in [6.07, 6.45) is 6.76. The van der Waals surface area contributed by atoms with Crippen molar-refractivity contribution in [3.05, 3.63) is 62.6 Å². The zero-order valence-corrected chi connectivity index (χ0v) is 17.8. The Labute approximate surface area is 178 Å². The number of fused-ring (bicyclic) bond motifs is 3. The van der Waals surface area contributed by atoms with Gasteiger partial charge in [-0.15, -0.1) is 11.3 Å². The lowest BCUT2D eigenvalue weighted by atomic mass is 10.1. The highest BCUT2D eigenvalue weighted by atomic mass is 32.1. The van der Waals surface area contributed by atoms with Gasteiger partial charge in [0.1, 0.15) is 10.7 Å². The minimum atomic E-state index is -0.130. The van der Waals surface area contributed by atoms with Gasteiger partial charge in [-0.3, -0.25) is 14.2 Å². The Bertz CT molecular complexity index is 1310. The summed E-state index contributed by atoms with van der Waals surface area (Å²) in [5.74, 6) is 0.729. The summed E-state index contributed by atoms with van der Waals surface area (Å²) in [4.78, 5) is 35.2. The maximum Gasteiger partial charge on any atom is 0.262 e. The molecule has 5 rings (SSSR count). The number of H-pyrrole nitrogens is 1. The smallest absolute Gasteiger partial charge is 0.262 e. The molecule has 4 heterocycles. The van der Waals surface area contributed by atoms with Gasteiger partial charge >= 0.3 is 0 Å². The van der Waals surface area contributed by atoms with Crippen molar-refractivity contribution in [2.45, 2.75) is 45.6 Å². The van der Waals surface area contributed by atoms with Crippen LogP contribution in [0.2, 0.25) is 0 Å². The number of thiophene rings is 1. The van der Waals surface area contributed by atoms with E-state index in [2.05, 4.69) is 16.4 Å². The van der Waals surface area contributed by atoms with Crippen molar-refractivity contribution in [3.63, 3.8) is 0 Å². The molecule has 0 unspecified atom stereocenters. The highest BCUT2D eigenvalue weighted by Crippen LogP contribution is 2.28. The number of aromatic nitrogens is 3. The Kier molecular flexibility index (Phi) is 4.90. The molecule has 3 aromatic heterocycles. The number of amides is 1. The van der Waals surface area contributed by atoms with Gasteiger partial charge in [-0.05, 0) is 43.4 Å². The maximum atomic E-state index is 13.1. The van der Waals surface area contributed by atoms with Gasteiger partial charge in [0.05, 0.1) is 10.3 Å².